The molecule has 0 atom stereocenters. The van der Waals surface area contributed by atoms with E-state index < -0.39 is 29.8 Å². The first-order valence-electron chi connectivity index (χ1n) is 3.85. The van der Waals surface area contributed by atoms with Crippen LogP contribution in [0.25, 0.3) is 0 Å². The number of Topliss-reactive ketones (excluding diaryl/α,β-unsaturated/α-hetero) is 1. The van der Waals surface area contributed by atoms with Crippen molar-refractivity contribution in [1.29, 1.82) is 0 Å². The van der Waals surface area contributed by atoms with Gasteiger partial charge in [-0.2, -0.15) is 13.2 Å². The van der Waals surface area contributed by atoms with Crippen molar-refractivity contribution < 1.29 is 22.4 Å². The van der Waals surface area contributed by atoms with E-state index in [1.54, 1.807) is 0 Å². The molecule has 0 N–H and O–H groups in total. The molecule has 0 spiro atoms. The average molecular weight is 285 g/mol. The summed E-state index contributed by atoms with van der Waals surface area (Å²) < 4.78 is 48.8. The van der Waals surface area contributed by atoms with Gasteiger partial charge in [0.25, 0.3) is 0 Å². The van der Waals surface area contributed by atoms with Gasteiger partial charge in [0, 0.05) is 0 Å². The molecule has 0 amide bonds. The zero-order valence-corrected chi connectivity index (χ0v) is 8.82. The minimum atomic E-state index is -4.62. The van der Waals surface area contributed by atoms with Gasteiger partial charge in [0.15, 0.2) is 5.78 Å². The van der Waals surface area contributed by atoms with Crippen molar-refractivity contribution >= 4 is 21.7 Å². The van der Waals surface area contributed by atoms with Crippen molar-refractivity contribution in [2.24, 2.45) is 0 Å². The Bertz CT molecular complexity index is 386. The summed E-state index contributed by atoms with van der Waals surface area (Å²) in [6, 6.07) is 3.63. The van der Waals surface area contributed by atoms with Crippen LogP contribution in [0.3, 0.4) is 0 Å². The highest BCUT2D eigenvalue weighted by Crippen LogP contribution is 2.25. The second-order valence-corrected chi connectivity index (χ2v) is 3.67. The van der Waals surface area contributed by atoms with Crippen LogP contribution in [-0.2, 0) is 0 Å². The van der Waals surface area contributed by atoms with E-state index in [-0.39, 0.29) is 4.47 Å². The average Bonchev–Trinajstić information content (AvgIpc) is 2.06. The number of carbonyl (C=O) groups is 1. The molecule has 6 heteroatoms. The Morgan fingerprint density at radius 3 is 2.47 bits per heavy atom. The Balaban J connectivity index is 2.97. The molecular formula is C9H5BrF4O. The Hall–Kier alpha value is -0.910. The smallest absolute Gasteiger partial charge is 0.294 e. The first-order valence-corrected chi connectivity index (χ1v) is 4.64. The van der Waals surface area contributed by atoms with Crippen molar-refractivity contribution in [3.63, 3.8) is 0 Å². The molecule has 0 radical (unpaired) electrons. The van der Waals surface area contributed by atoms with Crippen molar-refractivity contribution in [2.75, 3.05) is 0 Å². The lowest BCUT2D eigenvalue weighted by molar-refractivity contribution is -0.125. The highest BCUT2D eigenvalue weighted by atomic mass is 79.9. The van der Waals surface area contributed by atoms with E-state index in [1.807, 2.05) is 0 Å². The van der Waals surface area contributed by atoms with Gasteiger partial charge < -0.3 is 0 Å². The summed E-state index contributed by atoms with van der Waals surface area (Å²) in [6.45, 7) is 0. The normalized spacial score (nSPS) is 11.5. The standard InChI is InChI=1S/C9H5BrF4O/c10-6-3-1-2-5(8(6)11)7(15)4-9(12,13)14/h1-3H,4H2. The zero-order chi connectivity index (χ0) is 11.6. The van der Waals surface area contributed by atoms with Crippen LogP contribution in [0.2, 0.25) is 0 Å². The molecular weight excluding hydrogens is 280 g/mol. The molecule has 0 aliphatic rings. The topological polar surface area (TPSA) is 17.1 Å². The molecule has 1 rings (SSSR count). The highest BCUT2D eigenvalue weighted by molar-refractivity contribution is 9.10. The number of benzene rings is 1. The van der Waals surface area contributed by atoms with E-state index in [0.29, 0.717) is 0 Å². The van der Waals surface area contributed by atoms with Gasteiger partial charge in [0.05, 0.1) is 10.0 Å². The molecule has 0 saturated carbocycles. The van der Waals surface area contributed by atoms with Crippen LogP contribution in [0.5, 0.6) is 0 Å². The van der Waals surface area contributed by atoms with Crippen LogP contribution in [0.15, 0.2) is 22.7 Å². The molecule has 1 aromatic rings. The number of alkyl halides is 3. The van der Waals surface area contributed by atoms with Gasteiger partial charge in [0.1, 0.15) is 12.2 Å². The number of rotatable bonds is 2. The number of hydrogen-bond donors (Lipinski definition) is 0. The Morgan fingerprint density at radius 1 is 1.33 bits per heavy atom. The number of carbonyl (C=O) groups excluding carboxylic acids is 1. The first-order chi connectivity index (χ1) is 6.81. The van der Waals surface area contributed by atoms with Crippen LogP contribution in [0.4, 0.5) is 17.6 Å². The second kappa shape index (κ2) is 4.30. The minimum absolute atomic E-state index is 0.0319. The Morgan fingerprint density at radius 2 is 1.93 bits per heavy atom. The van der Waals surface area contributed by atoms with Crippen molar-refractivity contribution in [3.05, 3.63) is 34.1 Å². The van der Waals surface area contributed by atoms with Gasteiger partial charge in [-0.05, 0) is 28.1 Å². The van der Waals surface area contributed by atoms with Crippen LogP contribution in [-0.4, -0.2) is 12.0 Å². The quantitative estimate of drug-likeness (QED) is 0.598. The van der Waals surface area contributed by atoms with Crippen LogP contribution >= 0.6 is 15.9 Å². The summed E-state index contributed by atoms with van der Waals surface area (Å²) in [4.78, 5) is 11.1. The predicted octanol–water partition coefficient (Wildman–Crippen LogP) is 3.72. The fourth-order valence-corrected chi connectivity index (χ4v) is 1.36. The third kappa shape index (κ3) is 3.30. The van der Waals surface area contributed by atoms with Gasteiger partial charge >= 0.3 is 6.18 Å². The summed E-state index contributed by atoms with van der Waals surface area (Å²) >= 11 is 2.79. The molecule has 1 aromatic carbocycles. The summed E-state index contributed by atoms with van der Waals surface area (Å²) in [5, 5.41) is 0. The number of ketones is 1. The van der Waals surface area contributed by atoms with E-state index >= 15 is 0 Å². The molecule has 0 aliphatic carbocycles. The van der Waals surface area contributed by atoms with E-state index in [1.165, 1.54) is 12.1 Å². The fraction of sp³-hybridized carbons (Fsp3) is 0.222. The van der Waals surface area contributed by atoms with Crippen LogP contribution in [0.1, 0.15) is 16.8 Å². The minimum Gasteiger partial charge on any atom is -0.294 e. The summed E-state index contributed by atoms with van der Waals surface area (Å²) in [5.41, 5.74) is -0.554. The monoisotopic (exact) mass is 284 g/mol. The maximum absolute atomic E-state index is 13.2. The lowest BCUT2D eigenvalue weighted by atomic mass is 10.1. The molecule has 0 aromatic heterocycles. The van der Waals surface area contributed by atoms with Crippen molar-refractivity contribution in [2.45, 2.75) is 12.6 Å². The molecule has 1 nitrogen and oxygen atoms in total. The fourth-order valence-electron chi connectivity index (χ4n) is 0.996. The molecule has 0 saturated heterocycles. The highest BCUT2D eigenvalue weighted by Gasteiger charge is 2.32. The largest absolute Gasteiger partial charge is 0.396 e. The summed E-state index contributed by atoms with van der Waals surface area (Å²) in [7, 11) is 0. The molecule has 0 bridgehead atoms. The predicted molar refractivity (Wildman–Crippen MR) is 49.1 cm³/mol. The SMILES string of the molecule is O=C(CC(F)(F)F)c1cccc(Br)c1F. The Labute approximate surface area is 91.2 Å². The van der Waals surface area contributed by atoms with Crippen LogP contribution < -0.4 is 0 Å². The van der Waals surface area contributed by atoms with Crippen LogP contribution in [0, 0.1) is 5.82 Å². The van der Waals surface area contributed by atoms with Crippen molar-refractivity contribution in [1.82, 2.24) is 0 Å². The molecule has 0 fully saturated rings. The van der Waals surface area contributed by atoms with Crippen molar-refractivity contribution in [3.8, 4) is 0 Å². The van der Waals surface area contributed by atoms with E-state index in [0.717, 1.165) is 6.07 Å². The van der Waals surface area contributed by atoms with E-state index in [9.17, 15) is 22.4 Å². The molecule has 0 aliphatic heterocycles. The van der Waals surface area contributed by atoms with Gasteiger partial charge in [-0.1, -0.05) is 6.07 Å². The van der Waals surface area contributed by atoms with Gasteiger partial charge in [-0.3, -0.25) is 4.79 Å². The Kier molecular flexibility index (Phi) is 3.49. The van der Waals surface area contributed by atoms with Gasteiger partial charge in [-0.25, -0.2) is 4.39 Å². The molecule has 0 heterocycles. The third-order valence-electron chi connectivity index (χ3n) is 1.61. The zero-order valence-electron chi connectivity index (χ0n) is 7.24. The van der Waals surface area contributed by atoms with Gasteiger partial charge in [-0.15, -0.1) is 0 Å². The number of hydrogen-bond acceptors (Lipinski definition) is 1. The van der Waals surface area contributed by atoms with E-state index in [2.05, 4.69) is 15.9 Å². The van der Waals surface area contributed by atoms with Gasteiger partial charge in [0.2, 0.25) is 0 Å². The first kappa shape index (κ1) is 12.2. The van der Waals surface area contributed by atoms with E-state index in [4.69, 9.17) is 0 Å². The third-order valence-corrected chi connectivity index (χ3v) is 2.23. The lowest BCUT2D eigenvalue weighted by Crippen LogP contribution is -2.16. The number of halogens is 5. The second-order valence-electron chi connectivity index (χ2n) is 2.82. The lowest BCUT2D eigenvalue weighted by Gasteiger charge is -2.06. The molecule has 82 valence electrons. The maximum Gasteiger partial charge on any atom is 0.396 e. The summed E-state index contributed by atoms with van der Waals surface area (Å²) in [6.07, 6.45) is -6.27. The maximum atomic E-state index is 13.2. The molecule has 0 unspecified atom stereocenters. The summed E-state index contributed by atoms with van der Waals surface area (Å²) in [5.74, 6) is -2.24. The molecule has 15 heavy (non-hydrogen) atoms.